The number of aromatic nitrogens is 1. The molecule has 1 aromatic carbocycles. The summed E-state index contributed by atoms with van der Waals surface area (Å²) in [6.45, 7) is 2.27. The van der Waals surface area contributed by atoms with Crippen molar-refractivity contribution >= 4 is 11.5 Å². The van der Waals surface area contributed by atoms with Crippen molar-refractivity contribution in [3.05, 3.63) is 48.2 Å². The van der Waals surface area contributed by atoms with E-state index in [2.05, 4.69) is 16.0 Å². The third-order valence-electron chi connectivity index (χ3n) is 3.11. The molecule has 1 aromatic heterocycles. The average molecular weight is 241 g/mol. The van der Waals surface area contributed by atoms with Gasteiger partial charge in [0.15, 0.2) is 0 Å². The van der Waals surface area contributed by atoms with E-state index in [9.17, 15) is 0 Å². The standard InChI is InChI=1S/C14H15N3O/c15-14-12(5-3-7-16-14)17-8-9-18-13-6-2-1-4-11(13)10-17/h1-7H,8-10H2,(H2,15,16). The van der Waals surface area contributed by atoms with E-state index < -0.39 is 0 Å². The Morgan fingerprint density at radius 1 is 1.17 bits per heavy atom. The summed E-state index contributed by atoms with van der Waals surface area (Å²) in [5.41, 5.74) is 8.08. The van der Waals surface area contributed by atoms with Crippen LogP contribution < -0.4 is 15.4 Å². The molecule has 0 unspecified atom stereocenters. The van der Waals surface area contributed by atoms with Crippen LogP contribution in [-0.4, -0.2) is 18.1 Å². The number of nitrogen functional groups attached to an aromatic ring is 1. The smallest absolute Gasteiger partial charge is 0.146 e. The van der Waals surface area contributed by atoms with Crippen LogP contribution in [0.25, 0.3) is 0 Å². The van der Waals surface area contributed by atoms with Gasteiger partial charge in [-0.15, -0.1) is 0 Å². The minimum absolute atomic E-state index is 0.567. The van der Waals surface area contributed by atoms with Gasteiger partial charge in [-0.3, -0.25) is 0 Å². The highest BCUT2D eigenvalue weighted by Crippen LogP contribution is 2.28. The summed E-state index contributed by atoms with van der Waals surface area (Å²) in [6.07, 6.45) is 1.71. The topological polar surface area (TPSA) is 51.4 Å². The van der Waals surface area contributed by atoms with E-state index in [1.165, 1.54) is 5.56 Å². The average Bonchev–Trinajstić information content (AvgIpc) is 2.61. The van der Waals surface area contributed by atoms with Crippen LogP contribution in [0.4, 0.5) is 11.5 Å². The second-order valence-electron chi connectivity index (χ2n) is 4.29. The lowest BCUT2D eigenvalue weighted by Crippen LogP contribution is -2.26. The molecule has 18 heavy (non-hydrogen) atoms. The quantitative estimate of drug-likeness (QED) is 0.830. The van der Waals surface area contributed by atoms with Gasteiger partial charge in [0, 0.05) is 18.3 Å². The fourth-order valence-electron chi connectivity index (χ4n) is 2.21. The molecule has 1 aliphatic rings. The van der Waals surface area contributed by atoms with Crippen LogP contribution >= 0.6 is 0 Å². The van der Waals surface area contributed by atoms with E-state index in [0.717, 1.165) is 24.5 Å². The number of hydrogen-bond acceptors (Lipinski definition) is 4. The van der Waals surface area contributed by atoms with Crippen molar-refractivity contribution in [1.29, 1.82) is 0 Å². The Balaban J connectivity index is 1.94. The van der Waals surface area contributed by atoms with Crippen molar-refractivity contribution in [2.24, 2.45) is 0 Å². The molecule has 0 atom stereocenters. The first-order chi connectivity index (χ1) is 8.84. The van der Waals surface area contributed by atoms with Gasteiger partial charge in [0.2, 0.25) is 0 Å². The minimum atomic E-state index is 0.567. The predicted octanol–water partition coefficient (Wildman–Crippen LogP) is 2.06. The molecule has 2 aromatic rings. The molecule has 0 aliphatic carbocycles. The second kappa shape index (κ2) is 4.56. The van der Waals surface area contributed by atoms with Gasteiger partial charge in [-0.05, 0) is 18.2 Å². The van der Waals surface area contributed by atoms with Crippen molar-refractivity contribution in [3.8, 4) is 5.75 Å². The van der Waals surface area contributed by atoms with Crippen molar-refractivity contribution in [2.45, 2.75) is 6.54 Å². The number of rotatable bonds is 1. The third-order valence-corrected chi connectivity index (χ3v) is 3.11. The van der Waals surface area contributed by atoms with E-state index in [0.29, 0.717) is 12.4 Å². The first-order valence-corrected chi connectivity index (χ1v) is 6.01. The van der Waals surface area contributed by atoms with Gasteiger partial charge < -0.3 is 15.4 Å². The fourth-order valence-corrected chi connectivity index (χ4v) is 2.21. The summed E-state index contributed by atoms with van der Waals surface area (Å²) in [5.74, 6) is 1.53. The predicted molar refractivity (Wildman–Crippen MR) is 71.6 cm³/mol. The molecule has 0 radical (unpaired) electrons. The molecule has 2 N–H and O–H groups in total. The van der Waals surface area contributed by atoms with Gasteiger partial charge >= 0.3 is 0 Å². The Labute approximate surface area is 106 Å². The molecular weight excluding hydrogens is 226 g/mol. The molecule has 4 heteroatoms. The molecule has 1 aliphatic heterocycles. The first kappa shape index (κ1) is 10.9. The van der Waals surface area contributed by atoms with Crippen LogP contribution in [0.2, 0.25) is 0 Å². The highest BCUT2D eigenvalue weighted by Gasteiger charge is 2.16. The normalized spacial score (nSPS) is 14.6. The minimum Gasteiger partial charge on any atom is -0.491 e. The molecule has 92 valence electrons. The Hall–Kier alpha value is -2.23. The van der Waals surface area contributed by atoms with Crippen molar-refractivity contribution in [2.75, 3.05) is 23.8 Å². The van der Waals surface area contributed by atoms with Crippen LogP contribution in [0.5, 0.6) is 5.75 Å². The maximum atomic E-state index is 5.93. The maximum absolute atomic E-state index is 5.93. The molecule has 2 heterocycles. The summed E-state index contributed by atoms with van der Waals surface area (Å²) in [4.78, 5) is 6.34. The van der Waals surface area contributed by atoms with Crippen LogP contribution in [0.1, 0.15) is 5.56 Å². The lowest BCUT2D eigenvalue weighted by Gasteiger charge is -2.22. The summed E-state index contributed by atoms with van der Waals surface area (Å²) in [7, 11) is 0. The molecule has 4 nitrogen and oxygen atoms in total. The van der Waals surface area contributed by atoms with Crippen molar-refractivity contribution < 1.29 is 4.74 Å². The van der Waals surface area contributed by atoms with Gasteiger partial charge in [0.25, 0.3) is 0 Å². The van der Waals surface area contributed by atoms with E-state index in [4.69, 9.17) is 10.5 Å². The molecule has 0 spiro atoms. The van der Waals surface area contributed by atoms with Crippen LogP contribution in [0, 0.1) is 0 Å². The monoisotopic (exact) mass is 241 g/mol. The lowest BCUT2D eigenvalue weighted by atomic mass is 10.2. The molecule has 0 bridgehead atoms. The summed E-state index contributed by atoms with van der Waals surface area (Å²) < 4.78 is 5.74. The van der Waals surface area contributed by atoms with Gasteiger partial charge in [-0.1, -0.05) is 18.2 Å². The number of ether oxygens (including phenoxy) is 1. The zero-order valence-corrected chi connectivity index (χ0v) is 10.0. The largest absolute Gasteiger partial charge is 0.491 e. The maximum Gasteiger partial charge on any atom is 0.146 e. The second-order valence-corrected chi connectivity index (χ2v) is 4.29. The molecular formula is C14H15N3O. The van der Waals surface area contributed by atoms with Gasteiger partial charge in [-0.25, -0.2) is 4.98 Å². The van der Waals surface area contributed by atoms with E-state index in [-0.39, 0.29) is 0 Å². The zero-order chi connectivity index (χ0) is 12.4. The highest BCUT2D eigenvalue weighted by atomic mass is 16.5. The number of fused-ring (bicyclic) bond motifs is 1. The van der Waals surface area contributed by atoms with Crippen LogP contribution in [0.15, 0.2) is 42.6 Å². The van der Waals surface area contributed by atoms with Crippen LogP contribution in [0.3, 0.4) is 0 Å². The van der Waals surface area contributed by atoms with E-state index in [1.54, 1.807) is 6.20 Å². The number of anilines is 2. The Morgan fingerprint density at radius 2 is 2.06 bits per heavy atom. The first-order valence-electron chi connectivity index (χ1n) is 6.01. The fraction of sp³-hybridized carbons (Fsp3) is 0.214. The number of benzene rings is 1. The van der Waals surface area contributed by atoms with E-state index >= 15 is 0 Å². The Kier molecular flexibility index (Phi) is 2.76. The van der Waals surface area contributed by atoms with Gasteiger partial charge in [-0.2, -0.15) is 0 Å². The summed E-state index contributed by atoms with van der Waals surface area (Å²) >= 11 is 0. The number of pyridine rings is 1. The molecule has 0 fully saturated rings. The number of nitrogens with two attached hydrogens (primary N) is 1. The Bertz CT molecular complexity index is 556. The summed E-state index contributed by atoms with van der Waals surface area (Å²) in [5, 5.41) is 0. The number of para-hydroxylation sites is 1. The molecule has 0 saturated carbocycles. The van der Waals surface area contributed by atoms with E-state index in [1.807, 2.05) is 30.3 Å². The van der Waals surface area contributed by atoms with Crippen molar-refractivity contribution in [3.63, 3.8) is 0 Å². The van der Waals surface area contributed by atoms with Gasteiger partial charge in [0.1, 0.15) is 18.2 Å². The third kappa shape index (κ3) is 1.97. The number of nitrogens with zero attached hydrogens (tertiary/aromatic N) is 2. The lowest BCUT2D eigenvalue weighted by molar-refractivity contribution is 0.331. The highest BCUT2D eigenvalue weighted by molar-refractivity contribution is 5.63. The summed E-state index contributed by atoms with van der Waals surface area (Å²) in [6, 6.07) is 12.0. The molecule has 0 saturated heterocycles. The van der Waals surface area contributed by atoms with Crippen LogP contribution in [-0.2, 0) is 6.54 Å². The Morgan fingerprint density at radius 3 is 2.94 bits per heavy atom. The molecule has 0 amide bonds. The SMILES string of the molecule is Nc1ncccc1N1CCOc2ccccc2C1. The van der Waals surface area contributed by atoms with Gasteiger partial charge in [0.05, 0.1) is 12.2 Å². The number of hydrogen-bond donors (Lipinski definition) is 1. The molecule has 3 rings (SSSR count). The van der Waals surface area contributed by atoms with Crippen molar-refractivity contribution in [1.82, 2.24) is 4.98 Å². The zero-order valence-electron chi connectivity index (χ0n) is 10.0.